The zero-order valence-electron chi connectivity index (χ0n) is 16.3. The summed E-state index contributed by atoms with van der Waals surface area (Å²) in [6, 6.07) is 17.3. The van der Waals surface area contributed by atoms with Gasteiger partial charge in [-0.15, -0.1) is 0 Å². The van der Waals surface area contributed by atoms with Crippen LogP contribution in [-0.4, -0.2) is 24.5 Å². The van der Waals surface area contributed by atoms with Gasteiger partial charge in [0.1, 0.15) is 5.69 Å². The smallest absolute Gasteiger partial charge is 0.295 e. The number of nitrogens with zero attached hydrogens (tertiary/aromatic N) is 2. The molecule has 0 amide bonds. The van der Waals surface area contributed by atoms with Gasteiger partial charge in [0.15, 0.2) is 0 Å². The largest absolute Gasteiger partial charge is 0.361 e. The molecule has 0 fully saturated rings. The van der Waals surface area contributed by atoms with Gasteiger partial charge in [-0.2, -0.15) is 5.10 Å². The molecule has 0 saturated heterocycles. The molecule has 1 heterocycles. The van der Waals surface area contributed by atoms with Gasteiger partial charge in [0, 0.05) is 33.8 Å². The van der Waals surface area contributed by atoms with Gasteiger partial charge in [-0.1, -0.05) is 35.9 Å². The zero-order valence-corrected chi connectivity index (χ0v) is 17.9. The number of nitrogens with one attached hydrogen (secondary N) is 3. The van der Waals surface area contributed by atoms with E-state index in [1.54, 1.807) is 18.3 Å². The first kappa shape index (κ1) is 21.3. The number of benzene rings is 3. The van der Waals surface area contributed by atoms with Gasteiger partial charge in [-0.25, -0.2) is 8.42 Å². The van der Waals surface area contributed by atoms with Crippen LogP contribution in [0.4, 0.5) is 17.1 Å². The van der Waals surface area contributed by atoms with Crippen LogP contribution in [0, 0.1) is 10.1 Å². The summed E-state index contributed by atoms with van der Waals surface area (Å²) in [5.41, 5.74) is 4.19. The quantitative estimate of drug-likeness (QED) is 0.200. The Labute approximate surface area is 187 Å². The average Bonchev–Trinajstić information content (AvgIpc) is 3.16. The van der Waals surface area contributed by atoms with Crippen molar-refractivity contribution < 1.29 is 13.3 Å². The SMILES string of the molecule is O=[N+]([O-])c1cc(S(=O)(=O)Nc2cccc(Cl)c2)ccc1N/N=C/c1c[nH]c2ccccc12. The minimum atomic E-state index is -4.07. The predicted molar refractivity (Wildman–Crippen MR) is 125 cm³/mol. The Morgan fingerprint density at radius 3 is 2.66 bits per heavy atom. The second-order valence-electron chi connectivity index (χ2n) is 6.71. The van der Waals surface area contributed by atoms with Crippen molar-refractivity contribution in [3.05, 3.63) is 93.6 Å². The van der Waals surface area contributed by atoms with Gasteiger partial charge in [-0.05, 0) is 36.4 Å². The third-order valence-corrected chi connectivity index (χ3v) is 6.18. The first-order chi connectivity index (χ1) is 15.3. The Morgan fingerprint density at radius 2 is 1.88 bits per heavy atom. The maximum absolute atomic E-state index is 12.7. The van der Waals surface area contributed by atoms with E-state index in [-0.39, 0.29) is 16.3 Å². The lowest BCUT2D eigenvalue weighted by atomic mass is 10.2. The van der Waals surface area contributed by atoms with Crippen molar-refractivity contribution in [1.82, 2.24) is 4.98 Å². The highest BCUT2D eigenvalue weighted by Gasteiger charge is 2.21. The molecule has 4 rings (SSSR count). The summed E-state index contributed by atoms with van der Waals surface area (Å²) in [6.45, 7) is 0. The van der Waals surface area contributed by atoms with Crippen molar-refractivity contribution in [3.8, 4) is 0 Å². The number of anilines is 2. The molecule has 3 N–H and O–H groups in total. The van der Waals surface area contributed by atoms with E-state index in [0.29, 0.717) is 5.02 Å². The van der Waals surface area contributed by atoms with Crippen LogP contribution in [0.15, 0.2) is 82.9 Å². The van der Waals surface area contributed by atoms with E-state index >= 15 is 0 Å². The van der Waals surface area contributed by atoms with Crippen LogP contribution in [0.1, 0.15) is 5.56 Å². The summed E-state index contributed by atoms with van der Waals surface area (Å²) in [5, 5.41) is 16.9. The Kier molecular flexibility index (Phi) is 5.80. The second kappa shape index (κ2) is 8.69. The van der Waals surface area contributed by atoms with Crippen LogP contribution in [0.2, 0.25) is 5.02 Å². The molecule has 1 aromatic heterocycles. The number of nitro benzene ring substituents is 1. The van der Waals surface area contributed by atoms with E-state index in [2.05, 4.69) is 20.2 Å². The molecular formula is C21H16ClN5O4S. The van der Waals surface area contributed by atoms with Crippen molar-refractivity contribution in [2.75, 3.05) is 10.1 Å². The van der Waals surface area contributed by atoms with Crippen molar-refractivity contribution in [1.29, 1.82) is 0 Å². The molecule has 11 heteroatoms. The summed E-state index contributed by atoms with van der Waals surface area (Å²) < 4.78 is 27.7. The highest BCUT2D eigenvalue weighted by Crippen LogP contribution is 2.29. The Morgan fingerprint density at radius 1 is 1.06 bits per heavy atom. The fourth-order valence-corrected chi connectivity index (χ4v) is 4.32. The van der Waals surface area contributed by atoms with Gasteiger partial charge < -0.3 is 4.98 Å². The molecule has 0 spiro atoms. The first-order valence-electron chi connectivity index (χ1n) is 9.25. The fraction of sp³-hybridized carbons (Fsp3) is 0. The molecule has 162 valence electrons. The molecule has 0 aliphatic carbocycles. The van der Waals surface area contributed by atoms with E-state index in [1.165, 1.54) is 30.5 Å². The van der Waals surface area contributed by atoms with Crippen LogP contribution in [0.3, 0.4) is 0 Å². The first-order valence-corrected chi connectivity index (χ1v) is 11.1. The molecule has 0 aliphatic heterocycles. The normalized spacial score (nSPS) is 11.7. The number of nitro groups is 1. The maximum Gasteiger partial charge on any atom is 0.295 e. The highest BCUT2D eigenvalue weighted by molar-refractivity contribution is 7.92. The molecule has 0 atom stereocenters. The van der Waals surface area contributed by atoms with Crippen LogP contribution >= 0.6 is 11.6 Å². The van der Waals surface area contributed by atoms with Crippen LogP contribution in [-0.2, 0) is 10.0 Å². The minimum Gasteiger partial charge on any atom is -0.361 e. The minimum absolute atomic E-state index is 0.0489. The number of hydrogen-bond acceptors (Lipinski definition) is 6. The molecule has 9 nitrogen and oxygen atoms in total. The lowest BCUT2D eigenvalue weighted by molar-refractivity contribution is -0.384. The van der Waals surface area contributed by atoms with E-state index in [4.69, 9.17) is 11.6 Å². The van der Waals surface area contributed by atoms with Gasteiger partial charge in [0.05, 0.1) is 21.7 Å². The molecule has 3 aromatic carbocycles. The fourth-order valence-electron chi connectivity index (χ4n) is 3.06. The summed E-state index contributed by atoms with van der Waals surface area (Å²) in [7, 11) is -4.07. The monoisotopic (exact) mass is 469 g/mol. The number of hydrogen-bond donors (Lipinski definition) is 3. The number of rotatable bonds is 7. The molecule has 0 unspecified atom stereocenters. The molecule has 4 aromatic rings. The number of aromatic amines is 1. The van der Waals surface area contributed by atoms with E-state index in [0.717, 1.165) is 22.5 Å². The van der Waals surface area contributed by atoms with E-state index in [1.807, 2.05) is 24.3 Å². The third-order valence-electron chi connectivity index (χ3n) is 4.56. The van der Waals surface area contributed by atoms with Gasteiger partial charge >= 0.3 is 0 Å². The highest BCUT2D eigenvalue weighted by atomic mass is 35.5. The maximum atomic E-state index is 12.7. The summed E-state index contributed by atoms with van der Waals surface area (Å²) in [5.74, 6) is 0. The number of halogens is 1. The van der Waals surface area contributed by atoms with Gasteiger partial charge in [-0.3, -0.25) is 20.3 Å². The Hall–Kier alpha value is -3.89. The van der Waals surface area contributed by atoms with Gasteiger partial charge in [0.25, 0.3) is 15.7 Å². The second-order valence-corrected chi connectivity index (χ2v) is 8.83. The number of para-hydroxylation sites is 1. The van der Waals surface area contributed by atoms with Crippen molar-refractivity contribution >= 4 is 55.8 Å². The lowest BCUT2D eigenvalue weighted by Gasteiger charge is -2.09. The van der Waals surface area contributed by atoms with Crippen LogP contribution < -0.4 is 10.1 Å². The number of fused-ring (bicyclic) bond motifs is 1. The molecule has 0 bridgehead atoms. The lowest BCUT2D eigenvalue weighted by Crippen LogP contribution is -2.13. The zero-order chi connectivity index (χ0) is 22.7. The average molecular weight is 470 g/mol. The van der Waals surface area contributed by atoms with Crippen molar-refractivity contribution in [3.63, 3.8) is 0 Å². The number of hydrazone groups is 1. The molecule has 32 heavy (non-hydrogen) atoms. The van der Waals surface area contributed by atoms with E-state index < -0.39 is 20.6 Å². The predicted octanol–water partition coefficient (Wildman–Crippen LogP) is 4.98. The Balaban J connectivity index is 1.58. The van der Waals surface area contributed by atoms with E-state index in [9.17, 15) is 18.5 Å². The van der Waals surface area contributed by atoms with Crippen molar-refractivity contribution in [2.45, 2.75) is 4.90 Å². The third kappa shape index (κ3) is 4.56. The van der Waals surface area contributed by atoms with Crippen LogP contribution in [0.5, 0.6) is 0 Å². The molecule has 0 saturated carbocycles. The van der Waals surface area contributed by atoms with Crippen molar-refractivity contribution in [2.24, 2.45) is 5.10 Å². The number of H-pyrrole nitrogens is 1. The molecule has 0 radical (unpaired) electrons. The topological polar surface area (TPSA) is 129 Å². The molecular weight excluding hydrogens is 454 g/mol. The van der Waals surface area contributed by atoms with Gasteiger partial charge in [0.2, 0.25) is 0 Å². The number of aromatic nitrogens is 1. The summed E-state index contributed by atoms with van der Waals surface area (Å²) in [6.07, 6.45) is 3.29. The summed E-state index contributed by atoms with van der Waals surface area (Å²) in [4.78, 5) is 13.7. The number of sulfonamides is 1. The standard InChI is InChI=1S/C21H16ClN5O4S/c22-15-4-3-5-16(10-15)26-32(30,31)17-8-9-20(21(11-17)27(28)29)25-24-13-14-12-23-19-7-2-1-6-18(14)19/h1-13,23,25-26H/b24-13+. The summed E-state index contributed by atoms with van der Waals surface area (Å²) >= 11 is 5.88. The van der Waals surface area contributed by atoms with Crippen LogP contribution in [0.25, 0.3) is 10.9 Å². The molecule has 0 aliphatic rings. The Bertz CT molecular complexity index is 1450.